The fourth-order valence-electron chi connectivity index (χ4n) is 4.45. The molecule has 1 atom stereocenters. The van der Waals surface area contributed by atoms with Gasteiger partial charge in [0, 0.05) is 33.5 Å². The van der Waals surface area contributed by atoms with Crippen LogP contribution in [0.15, 0.2) is 102 Å². The molecule has 4 aromatic carbocycles. The Hall–Kier alpha value is -5.02. The Bertz CT molecular complexity index is 1700. The van der Waals surface area contributed by atoms with Crippen LogP contribution in [0.2, 0.25) is 0 Å². The highest BCUT2D eigenvalue weighted by molar-refractivity contribution is 8.00. The molecule has 0 heterocycles. The van der Waals surface area contributed by atoms with E-state index >= 15 is 0 Å². The third kappa shape index (κ3) is 9.00. The molecule has 0 aromatic heterocycles. The van der Waals surface area contributed by atoms with Gasteiger partial charge in [-0.1, -0.05) is 43.3 Å². The Labute approximate surface area is 268 Å². The van der Waals surface area contributed by atoms with Crippen molar-refractivity contribution in [2.45, 2.75) is 37.3 Å². The summed E-state index contributed by atoms with van der Waals surface area (Å²) in [7, 11) is 3.07. The van der Waals surface area contributed by atoms with Crippen molar-refractivity contribution in [1.29, 1.82) is 0 Å². The number of methoxy groups -OCH3 is 2. The zero-order valence-electron chi connectivity index (χ0n) is 26.0. The first-order valence-electron chi connectivity index (χ1n) is 14.5. The second-order valence-electron chi connectivity index (χ2n) is 10.3. The van der Waals surface area contributed by atoms with Crippen molar-refractivity contribution in [1.82, 2.24) is 5.32 Å². The van der Waals surface area contributed by atoms with Crippen LogP contribution in [-0.2, 0) is 9.59 Å². The summed E-state index contributed by atoms with van der Waals surface area (Å²) < 4.78 is 10.8. The normalized spacial score (nSPS) is 11.7. The molecule has 0 bridgehead atoms. The number of ether oxygens (including phenoxy) is 2. The quantitative estimate of drug-likeness (QED) is 0.114. The van der Waals surface area contributed by atoms with E-state index in [9.17, 15) is 14.4 Å². The van der Waals surface area contributed by atoms with Gasteiger partial charge in [-0.2, -0.15) is 0 Å². The lowest BCUT2D eigenvalue weighted by Crippen LogP contribution is -2.30. The van der Waals surface area contributed by atoms with Gasteiger partial charge in [0.1, 0.15) is 17.2 Å². The van der Waals surface area contributed by atoms with Gasteiger partial charge in [0.2, 0.25) is 5.91 Å². The highest BCUT2D eigenvalue weighted by Gasteiger charge is 2.20. The molecule has 0 spiro atoms. The van der Waals surface area contributed by atoms with E-state index in [1.807, 2.05) is 57.2 Å². The Balaban J connectivity index is 1.55. The van der Waals surface area contributed by atoms with E-state index < -0.39 is 11.8 Å². The summed E-state index contributed by atoms with van der Waals surface area (Å²) in [6.45, 7) is 5.92. The summed E-state index contributed by atoms with van der Waals surface area (Å²) in [5.74, 6) is 0.00355. The SMILES string of the molecule is CCC(Sc1cccc(NC(=O)/C(=C\c2ccc(OC)cc2OC)NC(=O)c2ccccc2)c1)C(=O)Nc1cc(C)ccc1C. The number of nitrogens with one attached hydrogen (secondary N) is 3. The minimum absolute atomic E-state index is 0.0183. The number of hydrogen-bond acceptors (Lipinski definition) is 6. The smallest absolute Gasteiger partial charge is 0.272 e. The first kappa shape index (κ1) is 32.9. The standard InChI is InChI=1S/C36H37N3O5S/c1-6-33(36(42)38-30-19-23(2)15-16-24(30)3)45-29-14-10-13-27(21-29)37-35(41)31(39-34(40)25-11-8-7-9-12-25)20-26-17-18-28(43-4)22-32(26)44-5/h7-22,33H,6H2,1-5H3,(H,37,41)(H,38,42)(H,39,40)/b31-20+. The van der Waals surface area contributed by atoms with E-state index in [-0.39, 0.29) is 16.9 Å². The summed E-state index contributed by atoms with van der Waals surface area (Å²) in [5, 5.41) is 8.35. The number of rotatable bonds is 12. The molecule has 0 radical (unpaired) electrons. The minimum Gasteiger partial charge on any atom is -0.497 e. The van der Waals surface area contributed by atoms with Gasteiger partial charge >= 0.3 is 0 Å². The molecule has 3 amide bonds. The van der Waals surface area contributed by atoms with Gasteiger partial charge in [0.05, 0.1) is 19.5 Å². The first-order valence-corrected chi connectivity index (χ1v) is 15.3. The Morgan fingerprint density at radius 1 is 0.844 bits per heavy atom. The lowest BCUT2D eigenvalue weighted by Gasteiger charge is -2.17. The monoisotopic (exact) mass is 623 g/mol. The second kappa shape index (κ2) is 15.6. The molecule has 45 heavy (non-hydrogen) atoms. The molecule has 1 unspecified atom stereocenters. The van der Waals surface area contributed by atoms with Gasteiger partial charge < -0.3 is 25.4 Å². The van der Waals surface area contributed by atoms with Crippen molar-refractivity contribution in [3.63, 3.8) is 0 Å². The fourth-order valence-corrected chi connectivity index (χ4v) is 5.46. The predicted octanol–water partition coefficient (Wildman–Crippen LogP) is 7.24. The van der Waals surface area contributed by atoms with Crippen LogP contribution in [0, 0.1) is 13.8 Å². The van der Waals surface area contributed by atoms with Gasteiger partial charge in [0.15, 0.2) is 0 Å². The molecule has 9 heteroatoms. The van der Waals surface area contributed by atoms with Crippen LogP contribution in [0.3, 0.4) is 0 Å². The van der Waals surface area contributed by atoms with E-state index in [2.05, 4.69) is 16.0 Å². The molecular weight excluding hydrogens is 586 g/mol. The molecule has 3 N–H and O–H groups in total. The molecule has 0 aliphatic heterocycles. The van der Waals surface area contributed by atoms with Crippen molar-refractivity contribution >= 4 is 46.9 Å². The summed E-state index contributed by atoms with van der Waals surface area (Å²) in [5.41, 5.74) is 4.36. The molecule has 0 aliphatic rings. The van der Waals surface area contributed by atoms with Gasteiger partial charge in [-0.3, -0.25) is 14.4 Å². The highest BCUT2D eigenvalue weighted by atomic mass is 32.2. The topological polar surface area (TPSA) is 106 Å². The van der Waals surface area contributed by atoms with Crippen molar-refractivity contribution in [3.05, 3.63) is 119 Å². The fraction of sp³-hybridized carbons (Fsp3) is 0.194. The summed E-state index contributed by atoms with van der Waals surface area (Å²) in [6.07, 6.45) is 2.16. The molecule has 4 aromatic rings. The zero-order valence-corrected chi connectivity index (χ0v) is 26.8. The van der Waals surface area contributed by atoms with Crippen LogP contribution in [-0.4, -0.2) is 37.2 Å². The minimum atomic E-state index is -0.529. The van der Waals surface area contributed by atoms with Crippen molar-refractivity contribution in [3.8, 4) is 11.5 Å². The van der Waals surface area contributed by atoms with Crippen LogP contribution in [0.25, 0.3) is 6.08 Å². The maximum absolute atomic E-state index is 13.6. The number of aryl methyl sites for hydroxylation is 2. The van der Waals surface area contributed by atoms with Crippen molar-refractivity contribution in [2.24, 2.45) is 0 Å². The van der Waals surface area contributed by atoms with E-state index in [1.54, 1.807) is 67.8 Å². The summed E-state index contributed by atoms with van der Waals surface area (Å²) in [6, 6.07) is 27.0. The van der Waals surface area contributed by atoms with E-state index in [1.165, 1.54) is 18.9 Å². The lowest BCUT2D eigenvalue weighted by atomic mass is 10.1. The number of hydrogen-bond donors (Lipinski definition) is 3. The van der Waals surface area contributed by atoms with Crippen LogP contribution in [0.1, 0.15) is 40.4 Å². The van der Waals surface area contributed by atoms with Gasteiger partial charge in [0.25, 0.3) is 11.8 Å². The number of thioether (sulfide) groups is 1. The van der Waals surface area contributed by atoms with E-state index in [0.29, 0.717) is 34.7 Å². The van der Waals surface area contributed by atoms with Gasteiger partial charge in [-0.15, -0.1) is 11.8 Å². The van der Waals surface area contributed by atoms with Crippen LogP contribution >= 0.6 is 11.8 Å². The first-order chi connectivity index (χ1) is 21.7. The van der Waals surface area contributed by atoms with E-state index in [4.69, 9.17) is 9.47 Å². The molecule has 232 valence electrons. The number of benzene rings is 4. The Kier molecular flexibility index (Phi) is 11.4. The maximum atomic E-state index is 13.6. The molecule has 4 rings (SSSR count). The van der Waals surface area contributed by atoms with Crippen LogP contribution in [0.4, 0.5) is 11.4 Å². The zero-order chi connectivity index (χ0) is 32.3. The number of carbonyl (C=O) groups excluding carboxylic acids is 3. The Morgan fingerprint density at radius 2 is 1.62 bits per heavy atom. The van der Waals surface area contributed by atoms with E-state index in [0.717, 1.165) is 21.7 Å². The molecule has 0 saturated heterocycles. The summed E-state index contributed by atoms with van der Waals surface area (Å²) >= 11 is 1.42. The van der Waals surface area contributed by atoms with Crippen LogP contribution < -0.4 is 25.4 Å². The number of carbonyl (C=O) groups is 3. The third-order valence-corrected chi connectivity index (χ3v) is 8.31. The largest absolute Gasteiger partial charge is 0.497 e. The third-order valence-electron chi connectivity index (χ3n) is 6.95. The van der Waals surface area contributed by atoms with Crippen LogP contribution in [0.5, 0.6) is 11.5 Å². The molecule has 8 nitrogen and oxygen atoms in total. The maximum Gasteiger partial charge on any atom is 0.272 e. The van der Waals surface area contributed by atoms with Crippen molar-refractivity contribution in [2.75, 3.05) is 24.9 Å². The average molecular weight is 624 g/mol. The lowest BCUT2D eigenvalue weighted by molar-refractivity contribution is -0.116. The highest BCUT2D eigenvalue weighted by Crippen LogP contribution is 2.30. The van der Waals surface area contributed by atoms with Gasteiger partial charge in [-0.25, -0.2) is 0 Å². The molecule has 0 aliphatic carbocycles. The number of amides is 3. The second-order valence-corrected chi connectivity index (χ2v) is 11.6. The van der Waals surface area contributed by atoms with Crippen molar-refractivity contribution < 1.29 is 23.9 Å². The summed E-state index contributed by atoms with van der Waals surface area (Å²) in [4.78, 5) is 40.7. The molecule has 0 fully saturated rings. The average Bonchev–Trinajstić information content (AvgIpc) is 3.05. The predicted molar refractivity (Wildman–Crippen MR) is 181 cm³/mol. The number of anilines is 2. The molecular formula is C36H37N3O5S. The van der Waals surface area contributed by atoms with Gasteiger partial charge in [-0.05, 0) is 86.0 Å². The molecule has 0 saturated carbocycles. The Morgan fingerprint density at radius 3 is 2.33 bits per heavy atom.